The van der Waals surface area contributed by atoms with Crippen molar-refractivity contribution in [2.24, 2.45) is 10.1 Å². The van der Waals surface area contributed by atoms with E-state index in [1.165, 1.54) is 11.3 Å². The van der Waals surface area contributed by atoms with E-state index in [2.05, 4.69) is 32.4 Å². The summed E-state index contributed by atoms with van der Waals surface area (Å²) in [6, 6.07) is 17.7. The molecule has 0 aliphatic carbocycles. The van der Waals surface area contributed by atoms with Crippen molar-refractivity contribution in [3.8, 4) is 22.8 Å². The van der Waals surface area contributed by atoms with Gasteiger partial charge in [-0.3, -0.25) is 4.98 Å². The molecule has 0 fully saturated rings. The quantitative estimate of drug-likeness (QED) is 0.348. The molecule has 0 radical (unpaired) electrons. The fourth-order valence-electron chi connectivity index (χ4n) is 3.19. The molecule has 5 rings (SSSR count). The van der Waals surface area contributed by atoms with Crippen molar-refractivity contribution in [1.29, 1.82) is 0 Å². The van der Waals surface area contributed by atoms with Gasteiger partial charge < -0.3 is 9.47 Å². The van der Waals surface area contributed by atoms with E-state index >= 15 is 0 Å². The van der Waals surface area contributed by atoms with Crippen LogP contribution >= 0.6 is 27.3 Å². The van der Waals surface area contributed by atoms with Crippen molar-refractivity contribution < 1.29 is 9.47 Å². The predicted octanol–water partition coefficient (Wildman–Crippen LogP) is 5.61. The molecule has 8 heteroatoms. The Bertz CT molecular complexity index is 1350. The maximum atomic E-state index is 5.52. The fraction of sp³-hybridized carbons (Fsp3) is 0.0870. The summed E-state index contributed by atoms with van der Waals surface area (Å²) >= 11 is 5.19. The number of aromatic nitrogens is 2. The standard InChI is InChI=1S/C23H17BrN4O2S/c1-15(16-8-9-21-22(11-16)30-14-29-21)27-28-20(18-6-2-3-7-19(18)24)13-31-23(28)26-17-5-4-10-25-12-17/h2-13H,14H2,1H3. The molecule has 2 aromatic heterocycles. The minimum absolute atomic E-state index is 0.245. The molecule has 0 saturated heterocycles. The Labute approximate surface area is 191 Å². The van der Waals surface area contributed by atoms with Gasteiger partial charge in [0.05, 0.1) is 23.3 Å². The van der Waals surface area contributed by atoms with E-state index in [0.29, 0.717) is 0 Å². The topological polar surface area (TPSA) is 61.0 Å². The van der Waals surface area contributed by atoms with Crippen molar-refractivity contribution >= 4 is 38.7 Å². The van der Waals surface area contributed by atoms with Crippen LogP contribution in [0.1, 0.15) is 12.5 Å². The number of hydrogen-bond donors (Lipinski definition) is 0. The Hall–Kier alpha value is -3.23. The molecule has 0 spiro atoms. The summed E-state index contributed by atoms with van der Waals surface area (Å²) in [5.41, 5.74) is 4.53. The Kier molecular flexibility index (Phi) is 5.40. The molecule has 3 heterocycles. The number of nitrogens with zero attached hydrogens (tertiary/aromatic N) is 4. The zero-order chi connectivity index (χ0) is 21.2. The summed E-state index contributed by atoms with van der Waals surface area (Å²) in [6.07, 6.45) is 3.46. The van der Waals surface area contributed by atoms with E-state index < -0.39 is 0 Å². The van der Waals surface area contributed by atoms with Crippen LogP contribution in [0.5, 0.6) is 11.5 Å². The molecule has 2 aromatic carbocycles. The zero-order valence-electron chi connectivity index (χ0n) is 16.5. The second-order valence-corrected chi connectivity index (χ2v) is 8.46. The molecular formula is C23H17BrN4O2S. The molecule has 0 N–H and O–H groups in total. The summed E-state index contributed by atoms with van der Waals surface area (Å²) in [5.74, 6) is 1.48. The molecule has 6 nitrogen and oxygen atoms in total. The van der Waals surface area contributed by atoms with E-state index in [0.717, 1.165) is 49.0 Å². The normalized spacial score (nSPS) is 13.6. The molecule has 0 unspecified atom stereocenters. The predicted molar refractivity (Wildman–Crippen MR) is 125 cm³/mol. The minimum Gasteiger partial charge on any atom is -0.454 e. The van der Waals surface area contributed by atoms with Gasteiger partial charge in [-0.1, -0.05) is 34.1 Å². The van der Waals surface area contributed by atoms with Gasteiger partial charge in [0.2, 0.25) is 11.6 Å². The second kappa shape index (κ2) is 8.49. The van der Waals surface area contributed by atoms with Gasteiger partial charge in [0.15, 0.2) is 11.5 Å². The first-order valence-corrected chi connectivity index (χ1v) is 11.2. The lowest BCUT2D eigenvalue weighted by molar-refractivity contribution is 0.174. The van der Waals surface area contributed by atoms with Crippen molar-refractivity contribution in [3.63, 3.8) is 0 Å². The van der Waals surface area contributed by atoms with Crippen LogP contribution in [0.2, 0.25) is 0 Å². The van der Waals surface area contributed by atoms with Crippen molar-refractivity contribution in [3.05, 3.63) is 87.2 Å². The van der Waals surface area contributed by atoms with Gasteiger partial charge in [0, 0.05) is 27.2 Å². The van der Waals surface area contributed by atoms with Gasteiger partial charge in [-0.05, 0) is 43.3 Å². The molecule has 1 aliphatic heterocycles. The molecule has 0 saturated carbocycles. The van der Waals surface area contributed by atoms with Crippen LogP contribution in [-0.4, -0.2) is 22.2 Å². The average molecular weight is 493 g/mol. The van der Waals surface area contributed by atoms with Gasteiger partial charge in [0.1, 0.15) is 0 Å². The highest BCUT2D eigenvalue weighted by molar-refractivity contribution is 9.10. The number of rotatable bonds is 4. The lowest BCUT2D eigenvalue weighted by atomic mass is 10.1. The number of hydrogen-bond acceptors (Lipinski definition) is 6. The molecule has 4 aromatic rings. The van der Waals surface area contributed by atoms with Gasteiger partial charge in [0.25, 0.3) is 0 Å². The summed E-state index contributed by atoms with van der Waals surface area (Å²) in [6.45, 7) is 2.22. The third-order valence-corrected chi connectivity index (χ3v) is 6.25. The summed E-state index contributed by atoms with van der Waals surface area (Å²) in [4.78, 5) is 9.69. The monoisotopic (exact) mass is 492 g/mol. The summed E-state index contributed by atoms with van der Waals surface area (Å²) in [7, 11) is 0. The van der Waals surface area contributed by atoms with Crippen LogP contribution in [-0.2, 0) is 0 Å². The SMILES string of the molecule is CC(=Nn1c(-c2ccccc2Br)csc1=Nc1cccnc1)c1ccc2c(c1)OCO2. The van der Waals surface area contributed by atoms with Crippen molar-refractivity contribution in [1.82, 2.24) is 9.66 Å². The number of ether oxygens (including phenoxy) is 2. The van der Waals surface area contributed by atoms with Crippen LogP contribution in [0.15, 0.2) is 86.9 Å². The van der Waals surface area contributed by atoms with Crippen LogP contribution in [0, 0.1) is 0 Å². The van der Waals surface area contributed by atoms with Crippen LogP contribution in [0.3, 0.4) is 0 Å². The highest BCUT2D eigenvalue weighted by Crippen LogP contribution is 2.33. The molecule has 0 bridgehead atoms. The number of halogens is 1. The minimum atomic E-state index is 0.245. The average Bonchev–Trinajstić information content (AvgIpc) is 3.41. The van der Waals surface area contributed by atoms with Crippen LogP contribution < -0.4 is 14.3 Å². The number of benzene rings is 2. The number of pyridine rings is 1. The third kappa shape index (κ3) is 4.04. The fourth-order valence-corrected chi connectivity index (χ4v) is 4.52. The number of thiazole rings is 1. The molecule has 1 aliphatic rings. The molecule has 31 heavy (non-hydrogen) atoms. The first kappa shape index (κ1) is 19.7. The Morgan fingerprint density at radius 3 is 2.81 bits per heavy atom. The van der Waals surface area contributed by atoms with Crippen molar-refractivity contribution in [2.45, 2.75) is 6.92 Å². The van der Waals surface area contributed by atoms with E-state index in [9.17, 15) is 0 Å². The van der Waals surface area contributed by atoms with Crippen molar-refractivity contribution in [2.75, 3.05) is 6.79 Å². The maximum Gasteiger partial charge on any atom is 0.231 e. The van der Waals surface area contributed by atoms with Crippen LogP contribution in [0.25, 0.3) is 11.3 Å². The van der Waals surface area contributed by atoms with Gasteiger partial charge in [-0.15, -0.1) is 11.3 Å². The van der Waals surface area contributed by atoms with E-state index in [1.807, 2.05) is 60.1 Å². The maximum absolute atomic E-state index is 5.52. The molecule has 154 valence electrons. The molecule has 0 amide bonds. The number of fused-ring (bicyclic) bond motifs is 1. The summed E-state index contributed by atoms with van der Waals surface area (Å²) in [5, 5.41) is 7.00. The Morgan fingerprint density at radius 2 is 1.97 bits per heavy atom. The van der Waals surface area contributed by atoms with Gasteiger partial charge in [-0.25, -0.2) is 9.67 Å². The highest BCUT2D eigenvalue weighted by atomic mass is 79.9. The Morgan fingerprint density at radius 1 is 1.10 bits per heavy atom. The zero-order valence-corrected chi connectivity index (χ0v) is 18.9. The third-order valence-electron chi connectivity index (χ3n) is 4.75. The van der Waals surface area contributed by atoms with E-state index in [-0.39, 0.29) is 6.79 Å². The highest BCUT2D eigenvalue weighted by Gasteiger charge is 2.15. The molecule has 0 atom stereocenters. The second-order valence-electron chi connectivity index (χ2n) is 6.77. The van der Waals surface area contributed by atoms with E-state index in [1.54, 1.807) is 12.4 Å². The Balaban J connectivity index is 1.67. The summed E-state index contributed by atoms with van der Waals surface area (Å²) < 4.78 is 13.8. The first-order chi connectivity index (χ1) is 15.2. The first-order valence-electron chi connectivity index (χ1n) is 9.55. The van der Waals surface area contributed by atoms with E-state index in [4.69, 9.17) is 19.6 Å². The van der Waals surface area contributed by atoms with Crippen LogP contribution in [0.4, 0.5) is 5.69 Å². The van der Waals surface area contributed by atoms with Gasteiger partial charge >= 0.3 is 0 Å². The molecular weight excluding hydrogens is 476 g/mol. The van der Waals surface area contributed by atoms with Gasteiger partial charge in [-0.2, -0.15) is 5.10 Å². The largest absolute Gasteiger partial charge is 0.454 e. The lowest BCUT2D eigenvalue weighted by Crippen LogP contribution is -2.14. The lowest BCUT2D eigenvalue weighted by Gasteiger charge is -2.08. The smallest absolute Gasteiger partial charge is 0.231 e.